The van der Waals surface area contributed by atoms with Gasteiger partial charge < -0.3 is 4.74 Å². The summed E-state index contributed by atoms with van der Waals surface area (Å²) in [6.07, 6.45) is 0. The molecule has 0 heterocycles. The molecular formula is C14H11F2NO3. The molecule has 0 aliphatic heterocycles. The van der Waals surface area contributed by atoms with Crippen LogP contribution in [0.3, 0.4) is 0 Å². The minimum atomic E-state index is -0.920. The van der Waals surface area contributed by atoms with Gasteiger partial charge in [0, 0.05) is 11.6 Å². The van der Waals surface area contributed by atoms with Gasteiger partial charge in [0.25, 0.3) is 0 Å². The van der Waals surface area contributed by atoms with Gasteiger partial charge in [-0.3, -0.25) is 10.1 Å². The lowest BCUT2D eigenvalue weighted by atomic mass is 10.2. The van der Waals surface area contributed by atoms with E-state index in [2.05, 4.69) is 0 Å². The number of hydrogen-bond acceptors (Lipinski definition) is 3. The predicted octanol–water partition coefficient (Wildman–Crippen LogP) is 3.76. The molecule has 0 fully saturated rings. The van der Waals surface area contributed by atoms with Gasteiger partial charge in [-0.15, -0.1) is 0 Å². The standard InChI is InChI=1S/C14H11F2NO3/c1-9-7-11(5-6-12(9)15)20-8-10-3-2-4-13(14(10)16)17(18)19/h2-7H,8H2,1H3. The molecule has 104 valence electrons. The van der Waals surface area contributed by atoms with Crippen molar-refractivity contribution in [3.05, 3.63) is 69.3 Å². The van der Waals surface area contributed by atoms with E-state index in [1.54, 1.807) is 6.92 Å². The van der Waals surface area contributed by atoms with Crippen LogP contribution in [-0.2, 0) is 6.61 Å². The van der Waals surface area contributed by atoms with E-state index in [0.29, 0.717) is 11.3 Å². The molecule has 0 saturated heterocycles. The van der Waals surface area contributed by atoms with E-state index in [1.807, 2.05) is 0 Å². The summed E-state index contributed by atoms with van der Waals surface area (Å²) in [5.41, 5.74) is -0.121. The highest BCUT2D eigenvalue weighted by atomic mass is 19.1. The third-order valence-electron chi connectivity index (χ3n) is 2.78. The lowest BCUT2D eigenvalue weighted by Crippen LogP contribution is -2.02. The summed E-state index contributed by atoms with van der Waals surface area (Å²) in [4.78, 5) is 9.82. The molecule has 0 amide bonds. The maximum Gasteiger partial charge on any atom is 0.305 e. The minimum Gasteiger partial charge on any atom is -0.489 e. The van der Waals surface area contributed by atoms with Crippen molar-refractivity contribution >= 4 is 5.69 Å². The van der Waals surface area contributed by atoms with Crippen molar-refractivity contribution in [2.75, 3.05) is 0 Å². The first kappa shape index (κ1) is 13.9. The lowest BCUT2D eigenvalue weighted by molar-refractivity contribution is -0.387. The van der Waals surface area contributed by atoms with Crippen molar-refractivity contribution in [1.82, 2.24) is 0 Å². The Hall–Kier alpha value is -2.50. The Morgan fingerprint density at radius 3 is 2.65 bits per heavy atom. The molecule has 0 unspecified atom stereocenters. The number of nitro benzene ring substituents is 1. The Kier molecular flexibility index (Phi) is 3.93. The van der Waals surface area contributed by atoms with E-state index in [9.17, 15) is 18.9 Å². The highest BCUT2D eigenvalue weighted by molar-refractivity contribution is 5.37. The number of hydrogen-bond donors (Lipinski definition) is 0. The summed E-state index contributed by atoms with van der Waals surface area (Å²) < 4.78 is 32.2. The van der Waals surface area contributed by atoms with Crippen LogP contribution in [0.1, 0.15) is 11.1 Å². The smallest absolute Gasteiger partial charge is 0.305 e. The zero-order chi connectivity index (χ0) is 14.7. The van der Waals surface area contributed by atoms with Crippen LogP contribution in [0.5, 0.6) is 5.75 Å². The predicted molar refractivity (Wildman–Crippen MR) is 68.5 cm³/mol. The van der Waals surface area contributed by atoms with Gasteiger partial charge in [-0.1, -0.05) is 12.1 Å². The number of aryl methyl sites for hydroxylation is 1. The zero-order valence-electron chi connectivity index (χ0n) is 10.6. The fourth-order valence-corrected chi connectivity index (χ4v) is 1.69. The average Bonchev–Trinajstić information content (AvgIpc) is 2.41. The molecule has 0 atom stereocenters. The van der Waals surface area contributed by atoms with E-state index in [0.717, 1.165) is 6.07 Å². The monoisotopic (exact) mass is 279 g/mol. The summed E-state index contributed by atoms with van der Waals surface area (Å²) >= 11 is 0. The first-order valence-electron chi connectivity index (χ1n) is 5.80. The van der Waals surface area contributed by atoms with Gasteiger partial charge in [0.05, 0.1) is 4.92 Å². The van der Waals surface area contributed by atoms with E-state index >= 15 is 0 Å². The largest absolute Gasteiger partial charge is 0.489 e. The third-order valence-corrected chi connectivity index (χ3v) is 2.78. The second-order valence-corrected chi connectivity index (χ2v) is 4.21. The van der Waals surface area contributed by atoms with Crippen LogP contribution in [0.2, 0.25) is 0 Å². The number of ether oxygens (including phenoxy) is 1. The molecule has 4 nitrogen and oxygen atoms in total. The van der Waals surface area contributed by atoms with Gasteiger partial charge in [0.15, 0.2) is 0 Å². The van der Waals surface area contributed by atoms with Crippen LogP contribution in [-0.4, -0.2) is 4.92 Å². The van der Waals surface area contributed by atoms with E-state index in [-0.39, 0.29) is 18.0 Å². The normalized spacial score (nSPS) is 10.3. The quantitative estimate of drug-likeness (QED) is 0.632. The van der Waals surface area contributed by atoms with Gasteiger partial charge in [-0.2, -0.15) is 4.39 Å². The van der Waals surface area contributed by atoms with Gasteiger partial charge in [0.1, 0.15) is 18.2 Å². The number of halogens is 2. The Bertz CT molecular complexity index is 659. The molecule has 0 aliphatic rings. The average molecular weight is 279 g/mol. The maximum absolute atomic E-state index is 13.8. The lowest BCUT2D eigenvalue weighted by Gasteiger charge is -2.08. The van der Waals surface area contributed by atoms with Gasteiger partial charge in [-0.25, -0.2) is 4.39 Å². The van der Waals surface area contributed by atoms with Crippen LogP contribution in [0.25, 0.3) is 0 Å². The molecule has 2 rings (SSSR count). The molecule has 0 aromatic heterocycles. The molecule has 0 aliphatic carbocycles. The van der Waals surface area contributed by atoms with Crippen molar-refractivity contribution in [2.24, 2.45) is 0 Å². The fraction of sp³-hybridized carbons (Fsp3) is 0.143. The van der Waals surface area contributed by atoms with Crippen LogP contribution in [0, 0.1) is 28.7 Å². The van der Waals surface area contributed by atoms with E-state index < -0.39 is 16.4 Å². The topological polar surface area (TPSA) is 52.4 Å². The fourth-order valence-electron chi connectivity index (χ4n) is 1.69. The van der Waals surface area contributed by atoms with E-state index in [1.165, 1.54) is 30.3 Å². The van der Waals surface area contributed by atoms with Crippen LogP contribution >= 0.6 is 0 Å². The summed E-state index contributed by atoms with van der Waals surface area (Å²) in [5.74, 6) is -0.912. The molecule has 0 radical (unpaired) electrons. The van der Waals surface area contributed by atoms with Gasteiger partial charge >= 0.3 is 5.69 Å². The summed E-state index contributed by atoms with van der Waals surface area (Å²) in [5, 5.41) is 10.6. The molecular weight excluding hydrogens is 268 g/mol. The molecule has 20 heavy (non-hydrogen) atoms. The summed E-state index contributed by atoms with van der Waals surface area (Å²) in [7, 11) is 0. The van der Waals surface area contributed by atoms with Crippen molar-refractivity contribution in [2.45, 2.75) is 13.5 Å². The maximum atomic E-state index is 13.8. The Morgan fingerprint density at radius 1 is 1.25 bits per heavy atom. The first-order chi connectivity index (χ1) is 9.49. The Balaban J connectivity index is 2.17. The van der Waals surface area contributed by atoms with Crippen molar-refractivity contribution in [3.63, 3.8) is 0 Å². The molecule has 2 aromatic rings. The first-order valence-corrected chi connectivity index (χ1v) is 5.80. The zero-order valence-corrected chi connectivity index (χ0v) is 10.6. The molecule has 0 N–H and O–H groups in total. The van der Waals surface area contributed by atoms with Gasteiger partial charge in [-0.05, 0) is 30.7 Å². The SMILES string of the molecule is Cc1cc(OCc2cccc([N+](=O)[O-])c2F)ccc1F. The second kappa shape index (κ2) is 5.64. The van der Waals surface area contributed by atoms with Crippen LogP contribution in [0.15, 0.2) is 36.4 Å². The second-order valence-electron chi connectivity index (χ2n) is 4.21. The van der Waals surface area contributed by atoms with Crippen LogP contribution < -0.4 is 4.74 Å². The third kappa shape index (κ3) is 2.90. The molecule has 2 aromatic carbocycles. The van der Waals surface area contributed by atoms with Crippen molar-refractivity contribution in [3.8, 4) is 5.75 Å². The number of benzene rings is 2. The molecule has 0 saturated carbocycles. The van der Waals surface area contributed by atoms with Gasteiger partial charge in [0.2, 0.25) is 5.82 Å². The molecule has 0 bridgehead atoms. The highest BCUT2D eigenvalue weighted by Crippen LogP contribution is 2.22. The summed E-state index contributed by atoms with van der Waals surface area (Å²) in [6, 6.07) is 8.01. The number of rotatable bonds is 4. The number of nitrogens with zero attached hydrogens (tertiary/aromatic N) is 1. The minimum absolute atomic E-state index is 0.0705. The molecule has 6 heteroatoms. The van der Waals surface area contributed by atoms with Crippen LogP contribution in [0.4, 0.5) is 14.5 Å². The van der Waals surface area contributed by atoms with Crippen molar-refractivity contribution in [1.29, 1.82) is 0 Å². The van der Waals surface area contributed by atoms with Crippen molar-refractivity contribution < 1.29 is 18.4 Å². The Morgan fingerprint density at radius 2 is 2.00 bits per heavy atom. The highest BCUT2D eigenvalue weighted by Gasteiger charge is 2.17. The Labute approximate surface area is 113 Å². The number of nitro groups is 1. The summed E-state index contributed by atoms with van der Waals surface area (Å²) in [6.45, 7) is 1.41. The van der Waals surface area contributed by atoms with E-state index in [4.69, 9.17) is 4.74 Å². The molecule has 0 spiro atoms.